The van der Waals surface area contributed by atoms with Crippen molar-refractivity contribution >= 4 is 0 Å². The number of rotatable bonds is 2. The van der Waals surface area contributed by atoms with Gasteiger partial charge in [-0.1, -0.05) is 0 Å². The molecular weight excluding hydrogens is 140 g/mol. The summed E-state index contributed by atoms with van der Waals surface area (Å²) in [5, 5.41) is 0. The molecule has 0 amide bonds. The van der Waals surface area contributed by atoms with E-state index in [-0.39, 0.29) is 0 Å². The number of hydrogen-bond acceptors (Lipinski definition) is 3. The van der Waals surface area contributed by atoms with Crippen LogP contribution in [0.3, 0.4) is 0 Å². The fraction of sp³-hybridized carbons (Fsp3) is 1.00. The van der Waals surface area contributed by atoms with Gasteiger partial charge in [-0.3, -0.25) is 4.90 Å². The van der Waals surface area contributed by atoms with E-state index in [0.717, 1.165) is 19.6 Å². The van der Waals surface area contributed by atoms with Gasteiger partial charge in [-0.25, -0.2) is 0 Å². The molecule has 0 spiro atoms. The normalized spacial score (nSPS) is 34.1. The molecule has 0 saturated carbocycles. The summed E-state index contributed by atoms with van der Waals surface area (Å²) in [6, 6.07) is 0.724. The molecule has 0 aromatic rings. The smallest absolute Gasteiger partial charge is 0.0633 e. The van der Waals surface area contributed by atoms with Gasteiger partial charge in [0, 0.05) is 19.2 Å². The summed E-state index contributed by atoms with van der Waals surface area (Å²) in [7, 11) is 3.85. The minimum atomic E-state index is 0.300. The average molecular weight is 158 g/mol. The van der Waals surface area contributed by atoms with Crippen LogP contribution in [0.1, 0.15) is 12.8 Å². The highest BCUT2D eigenvalue weighted by atomic mass is 16.5. The van der Waals surface area contributed by atoms with Gasteiger partial charge in [0.15, 0.2) is 0 Å². The van der Waals surface area contributed by atoms with Gasteiger partial charge < -0.3 is 10.5 Å². The number of likely N-dealkylation sites (N-methyl/N-ethyl adjacent to an activating group) is 1. The van der Waals surface area contributed by atoms with Crippen LogP contribution in [0.2, 0.25) is 0 Å². The van der Waals surface area contributed by atoms with E-state index in [9.17, 15) is 0 Å². The van der Waals surface area contributed by atoms with Crippen molar-refractivity contribution < 1.29 is 4.74 Å². The largest absolute Gasteiger partial charge is 0.383 e. The third kappa shape index (κ3) is 2.15. The van der Waals surface area contributed by atoms with Crippen molar-refractivity contribution in [2.24, 2.45) is 5.73 Å². The SMILES string of the molecule is COCC1C(N)CCCN1C. The van der Waals surface area contributed by atoms with Crippen molar-refractivity contribution in [3.8, 4) is 0 Å². The molecule has 1 aliphatic heterocycles. The van der Waals surface area contributed by atoms with Crippen LogP contribution in [0.4, 0.5) is 0 Å². The number of nitrogens with two attached hydrogens (primary N) is 1. The Bertz CT molecular complexity index is 109. The maximum absolute atomic E-state index is 5.93. The lowest BCUT2D eigenvalue weighted by Gasteiger charge is -2.36. The third-order valence-electron chi connectivity index (χ3n) is 2.45. The molecule has 0 radical (unpaired) electrons. The molecule has 66 valence electrons. The van der Waals surface area contributed by atoms with E-state index in [2.05, 4.69) is 11.9 Å². The van der Waals surface area contributed by atoms with Gasteiger partial charge in [0.05, 0.1) is 6.61 Å². The lowest BCUT2D eigenvalue weighted by molar-refractivity contribution is 0.0696. The summed E-state index contributed by atoms with van der Waals surface area (Å²) in [4.78, 5) is 2.29. The maximum atomic E-state index is 5.93. The summed E-state index contributed by atoms with van der Waals surface area (Å²) in [6.45, 7) is 1.92. The van der Waals surface area contributed by atoms with E-state index in [0.29, 0.717) is 12.1 Å². The Morgan fingerprint density at radius 3 is 2.91 bits per heavy atom. The average Bonchev–Trinajstić information content (AvgIpc) is 1.97. The fourth-order valence-electron chi connectivity index (χ4n) is 1.68. The minimum absolute atomic E-state index is 0.300. The second-order valence-electron chi connectivity index (χ2n) is 3.31. The molecule has 11 heavy (non-hydrogen) atoms. The molecule has 0 bridgehead atoms. The first kappa shape index (κ1) is 8.97. The Balaban J connectivity index is 2.41. The molecule has 1 aliphatic rings. The quantitative estimate of drug-likeness (QED) is 0.617. The van der Waals surface area contributed by atoms with Gasteiger partial charge in [0.2, 0.25) is 0 Å². The lowest BCUT2D eigenvalue weighted by atomic mass is 9.98. The first-order valence-electron chi connectivity index (χ1n) is 4.20. The zero-order valence-electron chi connectivity index (χ0n) is 7.42. The van der Waals surface area contributed by atoms with Crippen LogP contribution in [-0.2, 0) is 4.74 Å². The predicted molar refractivity (Wildman–Crippen MR) is 45.5 cm³/mol. The number of ether oxygens (including phenoxy) is 1. The number of nitrogens with zero attached hydrogens (tertiary/aromatic N) is 1. The zero-order chi connectivity index (χ0) is 8.27. The van der Waals surface area contributed by atoms with Crippen LogP contribution < -0.4 is 5.73 Å². The number of methoxy groups -OCH3 is 1. The topological polar surface area (TPSA) is 38.5 Å². The highest BCUT2D eigenvalue weighted by Crippen LogP contribution is 2.13. The molecule has 3 heteroatoms. The van der Waals surface area contributed by atoms with Crippen molar-refractivity contribution in [3.63, 3.8) is 0 Å². The molecule has 0 aromatic carbocycles. The standard InChI is InChI=1S/C8H18N2O/c1-10-5-3-4-7(9)8(10)6-11-2/h7-8H,3-6,9H2,1-2H3. The Labute approximate surface area is 68.5 Å². The fourth-order valence-corrected chi connectivity index (χ4v) is 1.68. The van der Waals surface area contributed by atoms with E-state index in [1.54, 1.807) is 7.11 Å². The molecule has 1 heterocycles. The molecule has 3 nitrogen and oxygen atoms in total. The van der Waals surface area contributed by atoms with E-state index in [1.807, 2.05) is 0 Å². The summed E-state index contributed by atoms with van der Waals surface area (Å²) in [5.41, 5.74) is 5.93. The van der Waals surface area contributed by atoms with Gasteiger partial charge in [-0.05, 0) is 26.4 Å². The number of hydrogen-bond donors (Lipinski definition) is 1. The monoisotopic (exact) mass is 158 g/mol. The minimum Gasteiger partial charge on any atom is -0.383 e. The molecule has 1 fully saturated rings. The van der Waals surface area contributed by atoms with Crippen molar-refractivity contribution in [3.05, 3.63) is 0 Å². The molecule has 0 aliphatic carbocycles. The van der Waals surface area contributed by atoms with Crippen molar-refractivity contribution in [2.45, 2.75) is 24.9 Å². The Kier molecular flexibility index (Phi) is 3.30. The van der Waals surface area contributed by atoms with Gasteiger partial charge in [0.1, 0.15) is 0 Å². The van der Waals surface area contributed by atoms with E-state index in [4.69, 9.17) is 10.5 Å². The Morgan fingerprint density at radius 1 is 1.64 bits per heavy atom. The summed E-state index contributed by atoms with van der Waals surface area (Å²) in [6.07, 6.45) is 2.36. The zero-order valence-corrected chi connectivity index (χ0v) is 7.42. The van der Waals surface area contributed by atoms with Gasteiger partial charge in [-0.2, -0.15) is 0 Å². The molecule has 0 aromatic heterocycles. The number of likely N-dealkylation sites (tertiary alicyclic amines) is 1. The molecule has 1 saturated heterocycles. The summed E-state index contributed by atoms with van der Waals surface area (Å²) in [5.74, 6) is 0. The highest BCUT2D eigenvalue weighted by Gasteiger charge is 2.25. The second-order valence-corrected chi connectivity index (χ2v) is 3.31. The Hall–Kier alpha value is -0.120. The van der Waals surface area contributed by atoms with Crippen LogP contribution in [-0.4, -0.2) is 44.3 Å². The van der Waals surface area contributed by atoms with E-state index < -0.39 is 0 Å². The van der Waals surface area contributed by atoms with Crippen LogP contribution in [0.15, 0.2) is 0 Å². The first-order valence-corrected chi connectivity index (χ1v) is 4.20. The van der Waals surface area contributed by atoms with Crippen LogP contribution >= 0.6 is 0 Å². The van der Waals surface area contributed by atoms with E-state index in [1.165, 1.54) is 6.42 Å². The van der Waals surface area contributed by atoms with Crippen molar-refractivity contribution in [1.29, 1.82) is 0 Å². The van der Waals surface area contributed by atoms with Crippen molar-refractivity contribution in [1.82, 2.24) is 4.90 Å². The van der Waals surface area contributed by atoms with Crippen LogP contribution in [0, 0.1) is 0 Å². The van der Waals surface area contributed by atoms with Crippen LogP contribution in [0.25, 0.3) is 0 Å². The number of piperidine rings is 1. The first-order chi connectivity index (χ1) is 5.25. The Morgan fingerprint density at radius 2 is 2.36 bits per heavy atom. The lowest BCUT2D eigenvalue weighted by Crippen LogP contribution is -2.52. The predicted octanol–water partition coefficient (Wildman–Crippen LogP) is 0.0543. The molecule has 1 rings (SSSR count). The maximum Gasteiger partial charge on any atom is 0.0633 e. The molecular formula is C8H18N2O. The summed E-state index contributed by atoms with van der Waals surface area (Å²) < 4.78 is 5.10. The van der Waals surface area contributed by atoms with Crippen molar-refractivity contribution in [2.75, 3.05) is 27.3 Å². The van der Waals surface area contributed by atoms with Gasteiger partial charge >= 0.3 is 0 Å². The molecule has 2 unspecified atom stereocenters. The van der Waals surface area contributed by atoms with Gasteiger partial charge in [0.25, 0.3) is 0 Å². The van der Waals surface area contributed by atoms with Gasteiger partial charge in [-0.15, -0.1) is 0 Å². The molecule has 2 atom stereocenters. The van der Waals surface area contributed by atoms with Crippen LogP contribution in [0.5, 0.6) is 0 Å². The summed E-state index contributed by atoms with van der Waals surface area (Å²) >= 11 is 0. The molecule has 2 N–H and O–H groups in total. The second kappa shape index (κ2) is 4.04. The third-order valence-corrected chi connectivity index (χ3v) is 2.45. The highest BCUT2D eigenvalue weighted by molar-refractivity contribution is 4.84. The van der Waals surface area contributed by atoms with E-state index >= 15 is 0 Å².